The molecule has 6 heteroatoms. The molecule has 1 aromatic rings. The summed E-state index contributed by atoms with van der Waals surface area (Å²) in [5, 5.41) is 10.2. The van der Waals surface area contributed by atoms with Crippen LogP contribution < -0.4 is 5.43 Å². The lowest BCUT2D eigenvalue weighted by Gasteiger charge is -2.26. The lowest BCUT2D eigenvalue weighted by molar-refractivity contribution is -0.143. The molecule has 0 bridgehead atoms. The number of aromatic carboxylic acids is 1. The standard InChI is InChI=1S/C15H18N2O4/c18-13(16-17-10-2-1-3-14(17)19)9-6-11-4-7-12(8-5-11)15(20)21/h4-5,7-8H,1-3,6,9-10H2,(H,16,18)(H,20,21). The molecule has 1 fully saturated rings. The third-order valence-electron chi connectivity index (χ3n) is 3.42. The van der Waals surface area contributed by atoms with Gasteiger partial charge >= 0.3 is 5.97 Å². The Morgan fingerprint density at radius 1 is 1.19 bits per heavy atom. The number of hydrogen-bond acceptors (Lipinski definition) is 3. The number of nitrogens with zero attached hydrogens (tertiary/aromatic N) is 1. The minimum Gasteiger partial charge on any atom is -0.478 e. The molecule has 6 nitrogen and oxygen atoms in total. The maximum Gasteiger partial charge on any atom is 0.335 e. The van der Waals surface area contributed by atoms with Crippen LogP contribution in [0.2, 0.25) is 0 Å². The van der Waals surface area contributed by atoms with E-state index in [1.54, 1.807) is 12.1 Å². The normalized spacial score (nSPS) is 14.9. The first-order valence-electron chi connectivity index (χ1n) is 6.98. The van der Waals surface area contributed by atoms with E-state index in [0.717, 1.165) is 18.4 Å². The fraction of sp³-hybridized carbons (Fsp3) is 0.400. The van der Waals surface area contributed by atoms with Gasteiger partial charge in [-0.25, -0.2) is 4.79 Å². The molecule has 0 spiro atoms. The highest BCUT2D eigenvalue weighted by atomic mass is 16.4. The number of carboxylic acids is 1. The molecule has 0 unspecified atom stereocenters. The second kappa shape index (κ2) is 6.88. The van der Waals surface area contributed by atoms with Crippen LogP contribution in [0.15, 0.2) is 24.3 Å². The molecule has 2 amide bonds. The minimum absolute atomic E-state index is 0.0413. The van der Waals surface area contributed by atoms with E-state index < -0.39 is 5.97 Å². The zero-order chi connectivity index (χ0) is 15.2. The number of hydrazine groups is 1. The lowest BCUT2D eigenvalue weighted by Crippen LogP contribution is -2.48. The number of aryl methyl sites for hydroxylation is 1. The number of carboxylic acid groups (broad SMARTS) is 1. The molecule has 0 saturated carbocycles. The van der Waals surface area contributed by atoms with Crippen molar-refractivity contribution in [1.82, 2.24) is 10.4 Å². The molecule has 112 valence electrons. The van der Waals surface area contributed by atoms with Crippen LogP contribution in [0.3, 0.4) is 0 Å². The third-order valence-corrected chi connectivity index (χ3v) is 3.42. The smallest absolute Gasteiger partial charge is 0.335 e. The first-order chi connectivity index (χ1) is 10.1. The zero-order valence-corrected chi connectivity index (χ0v) is 11.7. The highest BCUT2D eigenvalue weighted by Crippen LogP contribution is 2.09. The van der Waals surface area contributed by atoms with Crippen molar-refractivity contribution in [1.29, 1.82) is 0 Å². The van der Waals surface area contributed by atoms with Gasteiger partial charge in [0.2, 0.25) is 11.8 Å². The molecule has 0 aliphatic carbocycles. The monoisotopic (exact) mass is 290 g/mol. The maximum atomic E-state index is 11.8. The Hall–Kier alpha value is -2.37. The van der Waals surface area contributed by atoms with Gasteiger partial charge in [-0.1, -0.05) is 12.1 Å². The van der Waals surface area contributed by atoms with Crippen LogP contribution in [0, 0.1) is 0 Å². The van der Waals surface area contributed by atoms with Gasteiger partial charge in [-0.15, -0.1) is 0 Å². The molecule has 2 N–H and O–H groups in total. The molecule has 1 saturated heterocycles. The van der Waals surface area contributed by atoms with Gasteiger partial charge in [0.1, 0.15) is 0 Å². The molecular weight excluding hydrogens is 272 g/mol. The largest absolute Gasteiger partial charge is 0.478 e. The van der Waals surface area contributed by atoms with Crippen LogP contribution in [0.25, 0.3) is 0 Å². The summed E-state index contributed by atoms with van der Waals surface area (Å²) in [6, 6.07) is 6.43. The van der Waals surface area contributed by atoms with Crippen molar-refractivity contribution in [2.75, 3.05) is 6.54 Å². The number of benzene rings is 1. The number of piperidine rings is 1. The Morgan fingerprint density at radius 3 is 2.52 bits per heavy atom. The second-order valence-corrected chi connectivity index (χ2v) is 5.04. The Kier molecular flexibility index (Phi) is 4.92. The first kappa shape index (κ1) is 15.0. The van der Waals surface area contributed by atoms with E-state index in [1.807, 2.05) is 0 Å². The molecule has 2 rings (SSSR count). The first-order valence-corrected chi connectivity index (χ1v) is 6.98. The molecule has 0 radical (unpaired) electrons. The average Bonchev–Trinajstić information content (AvgIpc) is 2.48. The number of nitrogens with one attached hydrogen (secondary N) is 1. The third kappa shape index (κ3) is 4.30. The summed E-state index contributed by atoms with van der Waals surface area (Å²) in [5.74, 6) is -1.21. The summed E-state index contributed by atoms with van der Waals surface area (Å²) in [5.41, 5.74) is 3.73. The van der Waals surface area contributed by atoms with Crippen molar-refractivity contribution in [2.24, 2.45) is 0 Å². The molecule has 1 aliphatic heterocycles. The van der Waals surface area contributed by atoms with E-state index in [2.05, 4.69) is 5.43 Å². The number of rotatable bonds is 5. The quantitative estimate of drug-likeness (QED) is 0.857. The summed E-state index contributed by atoms with van der Waals surface area (Å²) in [6.07, 6.45) is 3.03. The Balaban J connectivity index is 1.80. The minimum atomic E-state index is -0.970. The molecule has 1 aliphatic rings. The fourth-order valence-electron chi connectivity index (χ4n) is 2.20. The van der Waals surface area contributed by atoms with Gasteiger partial charge in [0, 0.05) is 19.4 Å². The maximum absolute atomic E-state index is 11.8. The van der Waals surface area contributed by atoms with E-state index >= 15 is 0 Å². The van der Waals surface area contributed by atoms with Crippen LogP contribution in [-0.2, 0) is 16.0 Å². The Morgan fingerprint density at radius 2 is 1.90 bits per heavy atom. The SMILES string of the molecule is O=C(CCc1ccc(C(=O)O)cc1)NN1CCCCC1=O. The van der Waals surface area contributed by atoms with Crippen LogP contribution in [0.5, 0.6) is 0 Å². The number of amides is 2. The number of hydrogen-bond donors (Lipinski definition) is 2. The van der Waals surface area contributed by atoms with Crippen molar-refractivity contribution in [3.63, 3.8) is 0 Å². The summed E-state index contributed by atoms with van der Waals surface area (Å²) in [7, 11) is 0. The van der Waals surface area contributed by atoms with Gasteiger partial charge < -0.3 is 5.11 Å². The van der Waals surface area contributed by atoms with Crippen LogP contribution in [0.4, 0.5) is 0 Å². The summed E-state index contributed by atoms with van der Waals surface area (Å²) in [6.45, 7) is 0.567. The van der Waals surface area contributed by atoms with Crippen molar-refractivity contribution in [2.45, 2.75) is 32.1 Å². The van der Waals surface area contributed by atoms with Crippen molar-refractivity contribution in [3.8, 4) is 0 Å². The number of carbonyl (C=O) groups is 3. The second-order valence-electron chi connectivity index (χ2n) is 5.04. The van der Waals surface area contributed by atoms with E-state index in [-0.39, 0.29) is 23.8 Å². The van der Waals surface area contributed by atoms with E-state index in [1.165, 1.54) is 17.1 Å². The highest BCUT2D eigenvalue weighted by molar-refractivity contribution is 5.87. The van der Waals surface area contributed by atoms with Gasteiger partial charge in [-0.05, 0) is 37.0 Å². The topological polar surface area (TPSA) is 86.7 Å². The molecule has 0 atom stereocenters. The molecule has 0 aromatic heterocycles. The van der Waals surface area contributed by atoms with Gasteiger partial charge in [-0.2, -0.15) is 0 Å². The summed E-state index contributed by atoms with van der Waals surface area (Å²) < 4.78 is 0. The van der Waals surface area contributed by atoms with Crippen LogP contribution >= 0.6 is 0 Å². The Bertz CT molecular complexity index is 539. The van der Waals surface area contributed by atoms with E-state index in [9.17, 15) is 14.4 Å². The average molecular weight is 290 g/mol. The summed E-state index contributed by atoms with van der Waals surface area (Å²) >= 11 is 0. The van der Waals surface area contributed by atoms with Crippen LogP contribution in [0.1, 0.15) is 41.6 Å². The van der Waals surface area contributed by atoms with Crippen LogP contribution in [-0.4, -0.2) is 34.4 Å². The predicted octanol–water partition coefficient (Wildman–Crippen LogP) is 1.36. The molecule has 21 heavy (non-hydrogen) atoms. The van der Waals surface area contributed by atoms with Gasteiger partial charge in [0.25, 0.3) is 0 Å². The molecular formula is C15H18N2O4. The van der Waals surface area contributed by atoms with Crippen molar-refractivity contribution >= 4 is 17.8 Å². The summed E-state index contributed by atoms with van der Waals surface area (Å²) in [4.78, 5) is 34.1. The van der Waals surface area contributed by atoms with Gasteiger partial charge in [-0.3, -0.25) is 20.0 Å². The van der Waals surface area contributed by atoms with E-state index in [0.29, 0.717) is 19.4 Å². The van der Waals surface area contributed by atoms with Crippen molar-refractivity contribution in [3.05, 3.63) is 35.4 Å². The lowest BCUT2D eigenvalue weighted by atomic mass is 10.1. The van der Waals surface area contributed by atoms with Crippen molar-refractivity contribution < 1.29 is 19.5 Å². The van der Waals surface area contributed by atoms with Gasteiger partial charge in [0.05, 0.1) is 5.56 Å². The fourth-order valence-corrected chi connectivity index (χ4v) is 2.20. The van der Waals surface area contributed by atoms with E-state index in [4.69, 9.17) is 5.11 Å². The highest BCUT2D eigenvalue weighted by Gasteiger charge is 2.19. The van der Waals surface area contributed by atoms with Gasteiger partial charge in [0.15, 0.2) is 0 Å². The predicted molar refractivity (Wildman–Crippen MR) is 75.4 cm³/mol. The number of carbonyl (C=O) groups excluding carboxylic acids is 2. The molecule has 1 aromatic carbocycles. The molecule has 1 heterocycles. The zero-order valence-electron chi connectivity index (χ0n) is 11.7. The Labute approximate surface area is 122 Å².